The van der Waals surface area contributed by atoms with Crippen LogP contribution in [0.5, 0.6) is 17.2 Å². The van der Waals surface area contributed by atoms with E-state index in [0.717, 1.165) is 11.3 Å². The molecule has 2 aromatic rings. The maximum Gasteiger partial charge on any atom is 0.231 e. The summed E-state index contributed by atoms with van der Waals surface area (Å²) in [4.78, 5) is 0. The van der Waals surface area contributed by atoms with Gasteiger partial charge in [0.05, 0.1) is 15.2 Å². The van der Waals surface area contributed by atoms with Crippen LogP contribution in [0.2, 0.25) is 5.02 Å². The average molecular weight is 357 g/mol. The van der Waals surface area contributed by atoms with Gasteiger partial charge in [-0.25, -0.2) is 0 Å². The molecule has 0 fully saturated rings. The Morgan fingerprint density at radius 1 is 1.20 bits per heavy atom. The summed E-state index contributed by atoms with van der Waals surface area (Å²) in [7, 11) is 0. The largest absolute Gasteiger partial charge is 0.507 e. The summed E-state index contributed by atoms with van der Waals surface area (Å²) in [6.07, 6.45) is 0. The van der Waals surface area contributed by atoms with Crippen LogP contribution in [-0.4, -0.2) is 11.9 Å². The number of rotatable bonds is 3. The number of benzene rings is 2. The quantitative estimate of drug-likeness (QED) is 0.867. The molecule has 0 saturated carbocycles. The number of anilines is 1. The molecule has 2 aromatic carbocycles. The predicted octanol–water partition coefficient (Wildman–Crippen LogP) is 4.15. The van der Waals surface area contributed by atoms with Crippen molar-refractivity contribution < 1.29 is 14.6 Å². The van der Waals surface area contributed by atoms with Crippen molar-refractivity contribution in [2.24, 2.45) is 0 Å². The van der Waals surface area contributed by atoms with E-state index in [4.69, 9.17) is 21.1 Å². The van der Waals surface area contributed by atoms with Gasteiger partial charge >= 0.3 is 0 Å². The predicted molar refractivity (Wildman–Crippen MR) is 80.7 cm³/mol. The van der Waals surface area contributed by atoms with Crippen molar-refractivity contribution in [2.75, 3.05) is 12.1 Å². The second-order valence-electron chi connectivity index (χ2n) is 4.32. The smallest absolute Gasteiger partial charge is 0.231 e. The van der Waals surface area contributed by atoms with Gasteiger partial charge in [-0.3, -0.25) is 0 Å². The van der Waals surface area contributed by atoms with Gasteiger partial charge in [0.2, 0.25) is 6.79 Å². The molecule has 3 rings (SSSR count). The van der Waals surface area contributed by atoms with E-state index in [1.807, 2.05) is 18.2 Å². The van der Waals surface area contributed by atoms with Gasteiger partial charge in [0.25, 0.3) is 0 Å². The first-order valence-corrected chi connectivity index (χ1v) is 7.11. The highest BCUT2D eigenvalue weighted by Crippen LogP contribution is 2.39. The van der Waals surface area contributed by atoms with Crippen molar-refractivity contribution in [1.29, 1.82) is 0 Å². The monoisotopic (exact) mass is 355 g/mol. The van der Waals surface area contributed by atoms with Crippen molar-refractivity contribution in [3.8, 4) is 17.2 Å². The van der Waals surface area contributed by atoms with Crippen LogP contribution in [0.4, 0.5) is 5.69 Å². The molecular weight excluding hydrogens is 346 g/mol. The first-order chi connectivity index (χ1) is 9.63. The molecule has 0 aromatic heterocycles. The Bertz CT molecular complexity index is 663. The highest BCUT2D eigenvalue weighted by Gasteiger charge is 2.16. The fraction of sp³-hybridized carbons (Fsp3) is 0.143. The molecule has 104 valence electrons. The Kier molecular flexibility index (Phi) is 3.63. The molecule has 0 atom stereocenters. The Balaban J connectivity index is 1.76. The lowest BCUT2D eigenvalue weighted by atomic mass is 10.2. The van der Waals surface area contributed by atoms with Crippen LogP contribution in [0.15, 0.2) is 34.8 Å². The molecule has 0 amide bonds. The molecule has 0 bridgehead atoms. The van der Waals surface area contributed by atoms with Crippen molar-refractivity contribution in [2.45, 2.75) is 6.54 Å². The first kappa shape index (κ1) is 13.4. The van der Waals surface area contributed by atoms with Gasteiger partial charge in [-0.1, -0.05) is 17.7 Å². The van der Waals surface area contributed by atoms with Crippen LogP contribution in [0, 0.1) is 0 Å². The van der Waals surface area contributed by atoms with Crippen LogP contribution in [0.1, 0.15) is 5.56 Å². The minimum Gasteiger partial charge on any atom is -0.507 e. The average Bonchev–Trinajstić information content (AvgIpc) is 2.87. The molecule has 20 heavy (non-hydrogen) atoms. The molecule has 2 N–H and O–H groups in total. The molecule has 0 saturated heterocycles. The standard InChI is InChI=1S/C14H11BrClNO3/c15-9-3-8(1-2-12(9)18)6-17-11-5-14-13(4-10(11)16)19-7-20-14/h1-5,17-18H,6-7H2. The number of hydrogen-bond donors (Lipinski definition) is 2. The van der Waals surface area contributed by atoms with Gasteiger partial charge in [-0.2, -0.15) is 0 Å². The summed E-state index contributed by atoms with van der Waals surface area (Å²) in [5.41, 5.74) is 1.79. The Morgan fingerprint density at radius 3 is 2.70 bits per heavy atom. The number of nitrogens with one attached hydrogen (secondary N) is 1. The molecule has 0 spiro atoms. The van der Waals surface area contributed by atoms with Crippen LogP contribution < -0.4 is 14.8 Å². The molecular formula is C14H11BrClNO3. The number of halogens is 2. The van der Waals surface area contributed by atoms with Gasteiger partial charge < -0.3 is 19.9 Å². The summed E-state index contributed by atoms with van der Waals surface area (Å²) < 4.78 is 11.2. The van der Waals surface area contributed by atoms with E-state index >= 15 is 0 Å². The first-order valence-electron chi connectivity index (χ1n) is 5.94. The van der Waals surface area contributed by atoms with Crippen molar-refractivity contribution >= 4 is 33.2 Å². The topological polar surface area (TPSA) is 50.7 Å². The third-order valence-electron chi connectivity index (χ3n) is 2.96. The summed E-state index contributed by atoms with van der Waals surface area (Å²) in [6.45, 7) is 0.804. The van der Waals surface area contributed by atoms with E-state index in [-0.39, 0.29) is 12.5 Å². The molecule has 0 unspecified atom stereocenters. The van der Waals surface area contributed by atoms with E-state index in [0.29, 0.717) is 27.5 Å². The number of fused-ring (bicyclic) bond motifs is 1. The maximum atomic E-state index is 9.46. The number of ether oxygens (including phenoxy) is 2. The molecule has 4 nitrogen and oxygen atoms in total. The molecule has 0 radical (unpaired) electrons. The van der Waals surface area contributed by atoms with Gasteiger partial charge in [0.1, 0.15) is 5.75 Å². The number of hydrogen-bond acceptors (Lipinski definition) is 4. The normalized spacial score (nSPS) is 12.5. The summed E-state index contributed by atoms with van der Waals surface area (Å²) in [5, 5.41) is 13.3. The van der Waals surface area contributed by atoms with Crippen LogP contribution >= 0.6 is 27.5 Å². The van der Waals surface area contributed by atoms with E-state index < -0.39 is 0 Å². The van der Waals surface area contributed by atoms with E-state index in [1.54, 1.807) is 12.1 Å². The van der Waals surface area contributed by atoms with Gasteiger partial charge in [0.15, 0.2) is 11.5 Å². The number of phenols is 1. The summed E-state index contributed by atoms with van der Waals surface area (Å²) >= 11 is 9.47. The van der Waals surface area contributed by atoms with Gasteiger partial charge in [0, 0.05) is 18.7 Å². The fourth-order valence-electron chi connectivity index (χ4n) is 1.91. The van der Waals surface area contributed by atoms with Crippen molar-refractivity contribution in [3.63, 3.8) is 0 Å². The van der Waals surface area contributed by atoms with E-state index in [2.05, 4.69) is 21.2 Å². The lowest BCUT2D eigenvalue weighted by molar-refractivity contribution is 0.174. The third kappa shape index (κ3) is 2.64. The SMILES string of the molecule is Oc1ccc(CNc2cc3c(cc2Cl)OCO3)cc1Br. The highest BCUT2D eigenvalue weighted by molar-refractivity contribution is 9.10. The highest BCUT2D eigenvalue weighted by atomic mass is 79.9. The number of aromatic hydroxyl groups is 1. The second-order valence-corrected chi connectivity index (χ2v) is 5.59. The zero-order valence-corrected chi connectivity index (χ0v) is 12.7. The van der Waals surface area contributed by atoms with Crippen LogP contribution in [0.3, 0.4) is 0 Å². The minimum absolute atomic E-state index is 0.217. The Hall–Kier alpha value is -1.59. The summed E-state index contributed by atoms with van der Waals surface area (Å²) in [5.74, 6) is 1.56. The fourth-order valence-corrected chi connectivity index (χ4v) is 2.56. The zero-order chi connectivity index (χ0) is 14.1. The second kappa shape index (κ2) is 5.42. The van der Waals surface area contributed by atoms with E-state index in [1.165, 1.54) is 0 Å². The van der Waals surface area contributed by atoms with Crippen molar-refractivity contribution in [3.05, 3.63) is 45.4 Å². The number of phenolic OH excluding ortho intramolecular Hbond substituents is 1. The molecule has 1 aliphatic rings. The van der Waals surface area contributed by atoms with E-state index in [9.17, 15) is 5.11 Å². The minimum atomic E-state index is 0.217. The maximum absolute atomic E-state index is 9.46. The van der Waals surface area contributed by atoms with Crippen LogP contribution in [0.25, 0.3) is 0 Å². The molecule has 1 aliphatic heterocycles. The Labute approximate surface area is 129 Å². The lowest BCUT2D eigenvalue weighted by Crippen LogP contribution is -2.00. The molecule has 1 heterocycles. The zero-order valence-electron chi connectivity index (χ0n) is 10.3. The third-order valence-corrected chi connectivity index (χ3v) is 3.91. The van der Waals surface area contributed by atoms with Gasteiger partial charge in [-0.05, 0) is 33.6 Å². The summed E-state index contributed by atoms with van der Waals surface area (Å²) in [6, 6.07) is 8.89. The van der Waals surface area contributed by atoms with Crippen molar-refractivity contribution in [1.82, 2.24) is 0 Å². The molecule has 0 aliphatic carbocycles. The lowest BCUT2D eigenvalue weighted by Gasteiger charge is -2.10. The molecule has 6 heteroatoms. The van der Waals surface area contributed by atoms with Crippen LogP contribution in [-0.2, 0) is 6.54 Å². The van der Waals surface area contributed by atoms with Gasteiger partial charge in [-0.15, -0.1) is 0 Å². The Morgan fingerprint density at radius 2 is 1.95 bits per heavy atom.